The van der Waals surface area contributed by atoms with Crippen molar-refractivity contribution < 1.29 is 12.0 Å². The molecule has 0 saturated carbocycles. The van der Waals surface area contributed by atoms with E-state index in [0.29, 0.717) is 0 Å². The van der Waals surface area contributed by atoms with E-state index in [4.69, 9.17) is 0 Å². The molecule has 0 atom stereocenters. The van der Waals surface area contributed by atoms with Gasteiger partial charge >= 0.3 is 80.7 Å². The van der Waals surface area contributed by atoms with Gasteiger partial charge in [-0.05, 0) is 0 Å². The molecular formula is Ni2S8. The second-order valence-electron chi connectivity index (χ2n) is 1.48. The first-order chi connectivity index (χ1) is 2.83. The summed E-state index contributed by atoms with van der Waals surface area (Å²) in [6.45, 7) is 0. The molecule has 0 heterocycles. The van der Waals surface area contributed by atoms with Crippen LogP contribution in [0.5, 0.6) is 0 Å². The van der Waals surface area contributed by atoms with Crippen molar-refractivity contribution in [2.45, 2.75) is 0 Å². The minimum absolute atomic E-state index is 0. The van der Waals surface area contributed by atoms with Crippen LogP contribution in [0.15, 0.2) is 0 Å². The van der Waals surface area contributed by atoms with Crippen LogP contribution in [0.2, 0.25) is 0 Å². The van der Waals surface area contributed by atoms with Gasteiger partial charge in [-0.3, -0.25) is 0 Å². The standard InChI is InChI=1S/2Ni.8S. The number of rotatable bonds is 0. The Kier molecular flexibility index (Phi) is 2.19. The maximum atomic E-state index is 4.47. The Labute approximate surface area is 95.3 Å². The molecule has 10 heteroatoms. The summed E-state index contributed by atoms with van der Waals surface area (Å²) in [5, 5.41) is 0. The van der Waals surface area contributed by atoms with Crippen molar-refractivity contribution in [2.75, 3.05) is 0 Å². The van der Waals surface area contributed by atoms with Gasteiger partial charge < -0.3 is 0 Å². The van der Waals surface area contributed by atoms with E-state index in [1.54, 1.807) is 0 Å². The van der Waals surface area contributed by atoms with Crippen LogP contribution in [0.1, 0.15) is 0 Å². The quantitative estimate of drug-likeness (QED) is 0.526. The molecule has 0 radical (unpaired) electrons. The van der Waals surface area contributed by atoms with Crippen molar-refractivity contribution in [1.82, 2.24) is 0 Å². The van der Waals surface area contributed by atoms with Crippen LogP contribution in [0.3, 0.4) is 0 Å². The topological polar surface area (TPSA) is 0 Å². The van der Waals surface area contributed by atoms with Crippen molar-refractivity contribution in [3.63, 3.8) is 0 Å². The van der Waals surface area contributed by atoms with Gasteiger partial charge in [-0.2, -0.15) is 0 Å². The summed E-state index contributed by atoms with van der Waals surface area (Å²) in [6.07, 6.45) is 0. The molecule has 0 aliphatic heterocycles. The molecule has 0 amide bonds. The van der Waals surface area contributed by atoms with Gasteiger partial charge in [0.05, 0.1) is 0 Å². The van der Waals surface area contributed by atoms with Crippen LogP contribution < -0.4 is 0 Å². The van der Waals surface area contributed by atoms with Gasteiger partial charge in [-0.1, -0.05) is 0 Å². The van der Waals surface area contributed by atoms with E-state index in [1.165, 1.54) is 0 Å². The molecule has 0 bridgehead atoms. The third kappa shape index (κ3) is 135. The zero-order valence-electron chi connectivity index (χ0n) is 3.90. The van der Waals surface area contributed by atoms with Crippen LogP contribution in [-0.4, -0.2) is 0 Å². The molecule has 0 fully saturated rings. The molecule has 0 aromatic heterocycles. The van der Waals surface area contributed by atoms with Gasteiger partial charge in [-0.25, -0.2) is 0 Å². The van der Waals surface area contributed by atoms with Crippen LogP contribution in [0.4, 0.5) is 0 Å². The molecule has 0 saturated heterocycles. The molecule has 0 spiro atoms. The van der Waals surface area contributed by atoms with Gasteiger partial charge in [0.1, 0.15) is 0 Å². The van der Waals surface area contributed by atoms with Gasteiger partial charge in [0.2, 0.25) is 0 Å². The zero-order valence-corrected chi connectivity index (χ0v) is 12.4. The molecular weight excluding hydrogens is 374 g/mol. The van der Waals surface area contributed by atoms with E-state index >= 15 is 0 Å². The van der Waals surface area contributed by atoms with E-state index in [1.807, 2.05) is 0 Å². The predicted molar refractivity (Wildman–Crippen MR) is 60.7 cm³/mol. The van der Waals surface area contributed by atoms with Crippen LogP contribution >= 0.6 is 85.3 Å². The van der Waals surface area contributed by atoms with Crippen molar-refractivity contribution >= 4 is 85.3 Å². The molecule has 0 aromatic carbocycles. The first kappa shape index (κ1) is 15.2. The summed E-state index contributed by atoms with van der Waals surface area (Å²) in [5.41, 5.74) is 0. The fraction of sp³-hybridized carbons (Fsp3) is 0. The summed E-state index contributed by atoms with van der Waals surface area (Å²) < 4.78 is -6.02. The Balaban J connectivity index is 0. The Hall–Kier alpha value is 2.75. The van der Waals surface area contributed by atoms with Crippen molar-refractivity contribution in [2.24, 2.45) is 0 Å². The van der Waals surface area contributed by atoms with Crippen LogP contribution in [0, 0.1) is 0 Å². The van der Waals surface area contributed by atoms with Gasteiger partial charge in [0.25, 0.3) is 0 Å². The Morgan fingerprint density at radius 2 is 0.500 bits per heavy atom. The molecule has 0 N–H and O–H groups in total. The van der Waals surface area contributed by atoms with Gasteiger partial charge in [0.15, 0.2) is 0 Å². The molecule has 0 aromatic rings. The van der Waals surface area contributed by atoms with E-state index < -0.39 is -4.52 Å². The van der Waals surface area contributed by atoms with Crippen LogP contribution in [-0.2, 0) is 12.0 Å². The van der Waals surface area contributed by atoms with E-state index in [9.17, 15) is 0 Å². The normalized spacial score (nSPS) is 27.2. The summed E-state index contributed by atoms with van der Waals surface area (Å²) in [6, 6.07) is 0. The summed E-state index contributed by atoms with van der Waals surface area (Å²) in [7, 11) is 35.8. The van der Waals surface area contributed by atoms with Gasteiger partial charge in [-0.15, -0.1) is 0 Å². The van der Waals surface area contributed by atoms with Crippen molar-refractivity contribution in [3.8, 4) is 0 Å². The average molecular weight is 374 g/mol. The third-order valence-electron chi connectivity index (χ3n) is 0. The Bertz CT molecular complexity index is 878. The Morgan fingerprint density at radius 3 is 0.500 bits per heavy atom. The van der Waals surface area contributed by atoms with E-state index in [-0.39, 0.29) is 16.5 Å². The molecule has 0 nitrogen and oxygen atoms in total. The average Bonchev–Trinajstić information content (AvgIpc) is 0.503. The SMILES string of the molecule is [Ni].[S]=[Ni](=[S])(=[S])(=[S])(=[S])(=[S])(=[S])=[S]. The molecule has 10 heavy (non-hydrogen) atoms. The second kappa shape index (κ2) is 1.44. The first-order valence-electron chi connectivity index (χ1n) is 1.03. The Morgan fingerprint density at radius 1 is 0.500 bits per heavy atom. The fourth-order valence-electron chi connectivity index (χ4n) is 0. The van der Waals surface area contributed by atoms with E-state index in [2.05, 4.69) is 85.3 Å². The van der Waals surface area contributed by atoms with E-state index in [0.717, 1.165) is 0 Å². The zero-order chi connectivity index (χ0) is 8.35. The summed E-state index contributed by atoms with van der Waals surface area (Å²) in [5.74, 6) is 0. The van der Waals surface area contributed by atoms with Gasteiger partial charge in [0, 0.05) is 16.5 Å². The summed E-state index contributed by atoms with van der Waals surface area (Å²) >= 11 is 0. The molecule has 0 aliphatic rings. The minimum atomic E-state index is -6.02. The number of hydrogen-bond donors (Lipinski definition) is 0. The number of hydrogen-bond acceptors (Lipinski definition) is 8. The predicted octanol–water partition coefficient (Wildman–Crippen LogP) is 5.18. The summed E-state index contributed by atoms with van der Waals surface area (Å²) in [4.78, 5) is 0. The molecule has 0 rings (SSSR count). The second-order valence-corrected chi connectivity index (χ2v) is 54.8. The van der Waals surface area contributed by atoms with Crippen LogP contribution in [0.25, 0.3) is 0 Å². The monoisotopic (exact) mass is 372 g/mol. The third-order valence-corrected chi connectivity index (χ3v) is 0. The molecule has 68 valence electrons. The maximum absolute atomic E-state index is 6.02. The van der Waals surface area contributed by atoms with Crippen molar-refractivity contribution in [3.05, 3.63) is 0 Å². The molecule has 0 aliphatic carbocycles. The molecule has 0 unspecified atom stereocenters. The van der Waals surface area contributed by atoms with Crippen molar-refractivity contribution in [1.29, 1.82) is 0 Å². The fourth-order valence-corrected chi connectivity index (χ4v) is 0. The first-order valence-corrected chi connectivity index (χ1v) is 12.8.